The smallest absolute Gasteiger partial charge is 0.219 e. The Balaban J connectivity index is 3.50. The summed E-state index contributed by atoms with van der Waals surface area (Å²) in [5, 5.41) is 6.04. The Labute approximate surface area is 87.6 Å². The molecule has 0 saturated heterocycles. The summed E-state index contributed by atoms with van der Waals surface area (Å²) in [7, 11) is 1.67. The first-order chi connectivity index (χ1) is 6.38. The minimum atomic E-state index is 0.121. The summed E-state index contributed by atoms with van der Waals surface area (Å²) in [6.07, 6.45) is 1.51. The molecule has 0 saturated carbocycles. The van der Waals surface area contributed by atoms with Crippen LogP contribution in [0, 0.1) is 5.41 Å². The van der Waals surface area contributed by atoms with Gasteiger partial charge in [0.15, 0.2) is 0 Å². The maximum atomic E-state index is 10.9. The van der Waals surface area contributed by atoms with Gasteiger partial charge >= 0.3 is 0 Å². The topological polar surface area (TPSA) is 41.1 Å². The van der Waals surface area contributed by atoms with Crippen molar-refractivity contribution in [1.29, 1.82) is 0 Å². The van der Waals surface area contributed by atoms with Crippen molar-refractivity contribution in [3.05, 3.63) is 0 Å². The number of carbonyl (C=O) groups is 1. The minimum Gasteiger partial charge on any atom is -0.359 e. The molecule has 1 atom stereocenters. The van der Waals surface area contributed by atoms with Crippen molar-refractivity contribution < 1.29 is 4.79 Å². The molecule has 0 rings (SSSR count). The molecule has 0 heterocycles. The zero-order chi connectivity index (χ0) is 11.2. The van der Waals surface area contributed by atoms with Crippen LogP contribution in [0.25, 0.3) is 0 Å². The van der Waals surface area contributed by atoms with Crippen molar-refractivity contribution >= 4 is 5.91 Å². The van der Waals surface area contributed by atoms with Crippen LogP contribution in [0.3, 0.4) is 0 Å². The summed E-state index contributed by atoms with van der Waals surface area (Å²) in [5.74, 6) is 0.121. The van der Waals surface area contributed by atoms with E-state index in [2.05, 4.69) is 38.3 Å². The average molecular weight is 200 g/mol. The van der Waals surface area contributed by atoms with Gasteiger partial charge in [0.2, 0.25) is 5.91 Å². The molecule has 0 spiro atoms. The first-order valence-electron chi connectivity index (χ1n) is 5.32. The van der Waals surface area contributed by atoms with E-state index in [4.69, 9.17) is 0 Å². The Morgan fingerprint density at radius 1 is 1.36 bits per heavy atom. The van der Waals surface area contributed by atoms with Crippen molar-refractivity contribution in [2.24, 2.45) is 5.41 Å². The van der Waals surface area contributed by atoms with Gasteiger partial charge in [0.25, 0.3) is 0 Å². The van der Waals surface area contributed by atoms with E-state index in [1.807, 2.05) is 0 Å². The van der Waals surface area contributed by atoms with Gasteiger partial charge in [-0.15, -0.1) is 0 Å². The summed E-state index contributed by atoms with van der Waals surface area (Å²) in [5.41, 5.74) is 0.285. The second kappa shape index (κ2) is 6.02. The molecular formula is C11H24N2O. The van der Waals surface area contributed by atoms with Crippen molar-refractivity contribution in [1.82, 2.24) is 10.6 Å². The summed E-state index contributed by atoms with van der Waals surface area (Å²) >= 11 is 0. The highest BCUT2D eigenvalue weighted by Crippen LogP contribution is 2.18. The van der Waals surface area contributed by atoms with Crippen molar-refractivity contribution in [3.63, 3.8) is 0 Å². The molecule has 0 radical (unpaired) electrons. The van der Waals surface area contributed by atoms with Crippen LogP contribution in [0.1, 0.15) is 40.5 Å². The van der Waals surface area contributed by atoms with Crippen LogP contribution in [-0.4, -0.2) is 25.5 Å². The second-order valence-corrected chi connectivity index (χ2v) is 4.82. The molecule has 0 aromatic heterocycles. The van der Waals surface area contributed by atoms with Crippen LogP contribution in [0.4, 0.5) is 0 Å². The highest BCUT2D eigenvalue weighted by Gasteiger charge is 2.18. The summed E-state index contributed by atoms with van der Waals surface area (Å²) in [6, 6.07) is 0.479. The zero-order valence-electron chi connectivity index (χ0n) is 10.1. The van der Waals surface area contributed by atoms with Gasteiger partial charge in [-0.05, 0) is 25.3 Å². The fraction of sp³-hybridized carbons (Fsp3) is 0.909. The Morgan fingerprint density at radius 3 is 2.36 bits per heavy atom. The summed E-state index contributed by atoms with van der Waals surface area (Å²) in [4.78, 5) is 10.9. The fourth-order valence-corrected chi connectivity index (χ4v) is 0.999. The molecule has 0 aliphatic carbocycles. The highest BCUT2D eigenvalue weighted by atomic mass is 16.1. The molecule has 0 bridgehead atoms. The van der Waals surface area contributed by atoms with Gasteiger partial charge in [0.1, 0.15) is 0 Å². The van der Waals surface area contributed by atoms with Crippen LogP contribution in [-0.2, 0) is 4.79 Å². The molecule has 0 fully saturated rings. The van der Waals surface area contributed by atoms with Crippen molar-refractivity contribution in [2.75, 3.05) is 13.6 Å². The molecule has 1 unspecified atom stereocenters. The molecular weight excluding hydrogens is 176 g/mol. The standard InChI is InChI=1S/C11H24N2O/c1-9(11(2,3)4)13-8-6-7-10(14)12-5/h9,13H,6-8H2,1-5H3,(H,12,14). The maximum Gasteiger partial charge on any atom is 0.219 e. The molecule has 0 aromatic carbocycles. The molecule has 3 heteroatoms. The van der Waals surface area contributed by atoms with E-state index in [0.717, 1.165) is 13.0 Å². The lowest BCUT2D eigenvalue weighted by molar-refractivity contribution is -0.120. The fourth-order valence-electron chi connectivity index (χ4n) is 0.999. The van der Waals surface area contributed by atoms with E-state index < -0.39 is 0 Å². The number of rotatable bonds is 5. The lowest BCUT2D eigenvalue weighted by Crippen LogP contribution is -2.38. The predicted molar refractivity (Wildman–Crippen MR) is 60.2 cm³/mol. The average Bonchev–Trinajstić information content (AvgIpc) is 2.09. The first-order valence-corrected chi connectivity index (χ1v) is 5.32. The first kappa shape index (κ1) is 13.4. The van der Waals surface area contributed by atoms with Crippen LogP contribution in [0.5, 0.6) is 0 Å². The third kappa shape index (κ3) is 5.97. The molecule has 0 aromatic rings. The number of nitrogens with one attached hydrogen (secondary N) is 2. The monoisotopic (exact) mass is 200 g/mol. The van der Waals surface area contributed by atoms with Crippen LogP contribution in [0.2, 0.25) is 0 Å². The largest absolute Gasteiger partial charge is 0.359 e. The van der Waals surface area contributed by atoms with Gasteiger partial charge in [0.05, 0.1) is 0 Å². The van der Waals surface area contributed by atoms with Gasteiger partial charge in [-0.3, -0.25) is 4.79 Å². The lowest BCUT2D eigenvalue weighted by Gasteiger charge is -2.28. The van der Waals surface area contributed by atoms with E-state index in [1.54, 1.807) is 7.05 Å². The zero-order valence-corrected chi connectivity index (χ0v) is 10.1. The SMILES string of the molecule is CNC(=O)CCCNC(C)C(C)(C)C. The van der Waals surface area contributed by atoms with Crippen LogP contribution in [0.15, 0.2) is 0 Å². The molecule has 84 valence electrons. The van der Waals surface area contributed by atoms with E-state index in [9.17, 15) is 4.79 Å². The van der Waals surface area contributed by atoms with E-state index in [1.165, 1.54) is 0 Å². The summed E-state index contributed by atoms with van der Waals surface area (Å²) in [6.45, 7) is 9.72. The Kier molecular flexibility index (Phi) is 5.77. The minimum absolute atomic E-state index is 0.121. The molecule has 2 N–H and O–H groups in total. The maximum absolute atomic E-state index is 10.9. The number of amides is 1. The van der Waals surface area contributed by atoms with E-state index in [0.29, 0.717) is 12.5 Å². The number of hydrogen-bond donors (Lipinski definition) is 2. The van der Waals surface area contributed by atoms with Crippen LogP contribution < -0.4 is 10.6 Å². The third-order valence-electron chi connectivity index (χ3n) is 2.61. The number of carbonyl (C=O) groups excluding carboxylic acids is 1. The molecule has 1 amide bonds. The predicted octanol–water partition coefficient (Wildman–Crippen LogP) is 1.54. The third-order valence-corrected chi connectivity index (χ3v) is 2.61. The van der Waals surface area contributed by atoms with Gasteiger partial charge in [-0.1, -0.05) is 20.8 Å². The van der Waals surface area contributed by atoms with Crippen LogP contribution >= 0.6 is 0 Å². The van der Waals surface area contributed by atoms with E-state index in [-0.39, 0.29) is 11.3 Å². The Morgan fingerprint density at radius 2 is 1.93 bits per heavy atom. The van der Waals surface area contributed by atoms with Gasteiger partial charge < -0.3 is 10.6 Å². The van der Waals surface area contributed by atoms with Crippen molar-refractivity contribution in [3.8, 4) is 0 Å². The quantitative estimate of drug-likeness (QED) is 0.661. The second-order valence-electron chi connectivity index (χ2n) is 4.82. The molecule has 3 nitrogen and oxygen atoms in total. The lowest BCUT2D eigenvalue weighted by atomic mass is 9.88. The van der Waals surface area contributed by atoms with Gasteiger partial charge in [-0.2, -0.15) is 0 Å². The van der Waals surface area contributed by atoms with Crippen molar-refractivity contribution in [2.45, 2.75) is 46.6 Å². The van der Waals surface area contributed by atoms with Gasteiger partial charge in [-0.25, -0.2) is 0 Å². The Hall–Kier alpha value is -0.570. The molecule has 0 aliphatic heterocycles. The van der Waals surface area contributed by atoms with E-state index >= 15 is 0 Å². The van der Waals surface area contributed by atoms with Gasteiger partial charge in [0, 0.05) is 19.5 Å². The summed E-state index contributed by atoms with van der Waals surface area (Å²) < 4.78 is 0. The highest BCUT2D eigenvalue weighted by molar-refractivity contribution is 5.75. The molecule has 0 aliphatic rings. The molecule has 14 heavy (non-hydrogen) atoms. The number of hydrogen-bond acceptors (Lipinski definition) is 2. The normalized spacial score (nSPS) is 13.8. The Bertz CT molecular complexity index is 173.